The van der Waals surface area contributed by atoms with E-state index in [1.165, 1.54) is 18.7 Å². The largest absolute Gasteiger partial charge is 0.497 e. The molecule has 0 saturated carbocycles. The van der Waals surface area contributed by atoms with Crippen molar-refractivity contribution >= 4 is 35.0 Å². The summed E-state index contributed by atoms with van der Waals surface area (Å²) in [6.45, 7) is 1.43. The molecule has 3 rings (SSSR count). The van der Waals surface area contributed by atoms with Gasteiger partial charge in [-0.15, -0.1) is 5.10 Å². The van der Waals surface area contributed by atoms with E-state index in [1.54, 1.807) is 31.4 Å². The summed E-state index contributed by atoms with van der Waals surface area (Å²) in [6, 6.07) is 14.4. The van der Waals surface area contributed by atoms with Crippen LogP contribution in [0.25, 0.3) is 11.4 Å². The predicted molar refractivity (Wildman–Crippen MR) is 108 cm³/mol. The third-order valence-electron chi connectivity index (χ3n) is 3.63. The van der Waals surface area contributed by atoms with Gasteiger partial charge in [-0.05, 0) is 42.5 Å². The summed E-state index contributed by atoms with van der Waals surface area (Å²) in [5, 5.41) is 12.9. The number of amides is 2. The van der Waals surface area contributed by atoms with Crippen molar-refractivity contribution in [3.05, 3.63) is 48.5 Å². The molecule has 0 saturated heterocycles. The Balaban J connectivity index is 1.55. The van der Waals surface area contributed by atoms with Crippen molar-refractivity contribution in [3.63, 3.8) is 0 Å². The molecule has 1 heterocycles. The van der Waals surface area contributed by atoms with E-state index in [2.05, 4.69) is 25.8 Å². The van der Waals surface area contributed by atoms with Crippen molar-refractivity contribution < 1.29 is 14.3 Å². The van der Waals surface area contributed by atoms with E-state index in [9.17, 15) is 9.59 Å². The summed E-state index contributed by atoms with van der Waals surface area (Å²) < 4.78 is 5.13. The van der Waals surface area contributed by atoms with Crippen molar-refractivity contribution in [2.45, 2.75) is 12.1 Å². The summed E-state index contributed by atoms with van der Waals surface area (Å²) in [7, 11) is 1.61. The van der Waals surface area contributed by atoms with Gasteiger partial charge in [0.2, 0.25) is 17.0 Å². The third-order valence-corrected chi connectivity index (χ3v) is 4.47. The zero-order chi connectivity index (χ0) is 19.9. The molecular formula is C19H19N5O3S. The average molecular weight is 397 g/mol. The van der Waals surface area contributed by atoms with Crippen molar-refractivity contribution in [2.24, 2.45) is 0 Å². The second-order valence-electron chi connectivity index (χ2n) is 5.79. The highest BCUT2D eigenvalue weighted by Crippen LogP contribution is 2.22. The lowest BCUT2D eigenvalue weighted by atomic mass is 10.2. The average Bonchev–Trinajstić information content (AvgIpc) is 3.15. The normalized spacial score (nSPS) is 10.4. The van der Waals surface area contributed by atoms with Crippen molar-refractivity contribution in [1.29, 1.82) is 0 Å². The minimum atomic E-state index is -0.194. The van der Waals surface area contributed by atoms with Gasteiger partial charge < -0.3 is 15.4 Å². The van der Waals surface area contributed by atoms with Gasteiger partial charge in [0.25, 0.3) is 0 Å². The van der Waals surface area contributed by atoms with E-state index in [-0.39, 0.29) is 17.6 Å². The lowest BCUT2D eigenvalue weighted by molar-refractivity contribution is -0.114. The number of hydrogen-bond donors (Lipinski definition) is 3. The SMILES string of the molecule is COc1ccc(-c2nc(SCC(=O)Nc3cccc(NC(C)=O)c3)n[nH]2)cc1. The molecular weight excluding hydrogens is 378 g/mol. The number of nitrogens with one attached hydrogen (secondary N) is 3. The van der Waals surface area contributed by atoms with E-state index in [0.29, 0.717) is 22.4 Å². The van der Waals surface area contributed by atoms with Gasteiger partial charge in [0.1, 0.15) is 5.75 Å². The summed E-state index contributed by atoms with van der Waals surface area (Å²) >= 11 is 1.23. The number of hydrogen-bond acceptors (Lipinski definition) is 6. The van der Waals surface area contributed by atoms with Crippen LogP contribution in [0.3, 0.4) is 0 Å². The van der Waals surface area contributed by atoms with Crippen LogP contribution >= 0.6 is 11.8 Å². The molecule has 2 amide bonds. The molecule has 0 radical (unpaired) electrons. The van der Waals surface area contributed by atoms with Crippen LogP contribution in [0, 0.1) is 0 Å². The Morgan fingerprint density at radius 2 is 1.82 bits per heavy atom. The minimum Gasteiger partial charge on any atom is -0.497 e. The van der Waals surface area contributed by atoms with Gasteiger partial charge in [0.05, 0.1) is 12.9 Å². The molecule has 2 aromatic carbocycles. The van der Waals surface area contributed by atoms with Crippen molar-refractivity contribution in [2.75, 3.05) is 23.5 Å². The number of carbonyl (C=O) groups excluding carboxylic acids is 2. The van der Waals surface area contributed by atoms with Gasteiger partial charge in [-0.3, -0.25) is 14.7 Å². The first kappa shape index (κ1) is 19.4. The lowest BCUT2D eigenvalue weighted by Crippen LogP contribution is -2.14. The van der Waals surface area contributed by atoms with Crippen LogP contribution in [0.4, 0.5) is 11.4 Å². The van der Waals surface area contributed by atoms with Gasteiger partial charge in [-0.2, -0.15) is 0 Å². The van der Waals surface area contributed by atoms with Gasteiger partial charge in [-0.1, -0.05) is 17.8 Å². The summed E-state index contributed by atoms with van der Waals surface area (Å²) in [6.07, 6.45) is 0. The predicted octanol–water partition coefficient (Wildman–Crippen LogP) is 3.17. The highest BCUT2D eigenvalue weighted by Gasteiger charge is 2.10. The number of nitrogens with zero attached hydrogens (tertiary/aromatic N) is 2. The number of rotatable bonds is 7. The number of aromatic nitrogens is 3. The fourth-order valence-corrected chi connectivity index (χ4v) is 2.99. The molecule has 0 fully saturated rings. The number of carbonyl (C=O) groups is 2. The van der Waals surface area contributed by atoms with Crippen LogP contribution in [-0.4, -0.2) is 39.9 Å². The maximum atomic E-state index is 12.2. The number of H-pyrrole nitrogens is 1. The minimum absolute atomic E-state index is 0.157. The van der Waals surface area contributed by atoms with E-state index < -0.39 is 0 Å². The number of benzene rings is 2. The Bertz CT molecular complexity index is 972. The second kappa shape index (κ2) is 9.05. The molecule has 144 valence electrons. The Kier molecular flexibility index (Phi) is 6.28. The topological polar surface area (TPSA) is 109 Å². The maximum absolute atomic E-state index is 12.2. The molecule has 0 atom stereocenters. The highest BCUT2D eigenvalue weighted by atomic mass is 32.2. The molecule has 0 bridgehead atoms. The summed E-state index contributed by atoms with van der Waals surface area (Å²) in [5.41, 5.74) is 2.10. The Hall–Kier alpha value is -3.33. The fraction of sp³-hybridized carbons (Fsp3) is 0.158. The number of aromatic amines is 1. The molecule has 3 aromatic rings. The lowest BCUT2D eigenvalue weighted by Gasteiger charge is -2.07. The first-order valence-electron chi connectivity index (χ1n) is 8.40. The van der Waals surface area contributed by atoms with E-state index in [1.807, 2.05) is 24.3 Å². The monoisotopic (exact) mass is 397 g/mol. The Labute approximate surface area is 166 Å². The summed E-state index contributed by atoms with van der Waals surface area (Å²) in [4.78, 5) is 27.7. The zero-order valence-electron chi connectivity index (χ0n) is 15.4. The van der Waals surface area contributed by atoms with Gasteiger partial charge in [-0.25, -0.2) is 4.98 Å². The van der Waals surface area contributed by atoms with Crippen molar-refractivity contribution in [1.82, 2.24) is 15.2 Å². The fourth-order valence-electron chi connectivity index (χ4n) is 2.39. The number of anilines is 2. The number of ether oxygens (including phenoxy) is 1. The van der Waals surface area contributed by atoms with Crippen molar-refractivity contribution in [3.8, 4) is 17.1 Å². The first-order valence-corrected chi connectivity index (χ1v) is 9.39. The molecule has 0 spiro atoms. The quantitative estimate of drug-likeness (QED) is 0.529. The van der Waals surface area contributed by atoms with E-state index in [0.717, 1.165) is 11.3 Å². The second-order valence-corrected chi connectivity index (χ2v) is 6.74. The molecule has 0 aliphatic rings. The molecule has 0 unspecified atom stereocenters. The third kappa shape index (κ3) is 5.34. The standard InChI is InChI=1S/C19H19N5O3S/c1-12(25)20-14-4-3-5-15(10-14)21-17(26)11-28-19-22-18(23-24-19)13-6-8-16(27-2)9-7-13/h3-10H,11H2,1-2H3,(H,20,25)(H,21,26)(H,22,23,24). The van der Waals surface area contributed by atoms with Gasteiger partial charge >= 0.3 is 0 Å². The molecule has 3 N–H and O–H groups in total. The number of methoxy groups -OCH3 is 1. The van der Waals surface area contributed by atoms with Crippen LogP contribution in [0.1, 0.15) is 6.92 Å². The van der Waals surface area contributed by atoms with E-state index in [4.69, 9.17) is 4.74 Å². The summed E-state index contributed by atoms with van der Waals surface area (Å²) in [5.74, 6) is 1.17. The highest BCUT2D eigenvalue weighted by molar-refractivity contribution is 7.99. The van der Waals surface area contributed by atoms with Crippen LogP contribution in [0.2, 0.25) is 0 Å². The van der Waals surface area contributed by atoms with Crippen LogP contribution in [0.15, 0.2) is 53.7 Å². The molecule has 0 aliphatic carbocycles. The van der Waals surface area contributed by atoms with Crippen LogP contribution in [0.5, 0.6) is 5.75 Å². The maximum Gasteiger partial charge on any atom is 0.234 e. The Morgan fingerprint density at radius 1 is 1.11 bits per heavy atom. The molecule has 8 nitrogen and oxygen atoms in total. The molecule has 1 aromatic heterocycles. The molecule has 9 heteroatoms. The zero-order valence-corrected chi connectivity index (χ0v) is 16.2. The first-order chi connectivity index (χ1) is 13.5. The Morgan fingerprint density at radius 3 is 2.50 bits per heavy atom. The number of thioether (sulfide) groups is 1. The molecule has 0 aliphatic heterocycles. The van der Waals surface area contributed by atoms with Gasteiger partial charge in [0.15, 0.2) is 5.82 Å². The van der Waals surface area contributed by atoms with E-state index >= 15 is 0 Å². The molecule has 28 heavy (non-hydrogen) atoms. The van der Waals surface area contributed by atoms with Crippen LogP contribution < -0.4 is 15.4 Å². The van der Waals surface area contributed by atoms with Crippen LogP contribution in [-0.2, 0) is 9.59 Å². The smallest absolute Gasteiger partial charge is 0.234 e. The van der Waals surface area contributed by atoms with Gasteiger partial charge in [0, 0.05) is 23.9 Å².